The molecular formula is C34H27Cl3N2O6. The summed E-state index contributed by atoms with van der Waals surface area (Å²) >= 11 is 18.3. The number of ether oxygens (including phenoxy) is 5. The number of hydrogen-bond donors (Lipinski definition) is 1. The Bertz CT molecular complexity index is 1840. The molecule has 0 saturated carbocycles. The lowest BCUT2D eigenvalue weighted by Crippen LogP contribution is -2.22. The maximum Gasteiger partial charge on any atom is 0.349 e. The highest BCUT2D eigenvalue weighted by Gasteiger charge is 2.32. The molecule has 11 heteroatoms. The third-order valence-corrected chi connectivity index (χ3v) is 7.73. The molecule has 1 aliphatic rings. The first-order valence-corrected chi connectivity index (χ1v) is 14.9. The Kier molecular flexibility index (Phi) is 9.94. The van der Waals surface area contributed by atoms with E-state index in [9.17, 15) is 10.1 Å². The van der Waals surface area contributed by atoms with Gasteiger partial charge in [0, 0.05) is 32.3 Å². The summed E-state index contributed by atoms with van der Waals surface area (Å²) in [5.41, 5.74) is 9.35. The van der Waals surface area contributed by atoms with Gasteiger partial charge in [-0.3, -0.25) is 0 Å². The van der Waals surface area contributed by atoms with Gasteiger partial charge in [-0.05, 0) is 73.5 Å². The lowest BCUT2D eigenvalue weighted by molar-refractivity contribution is -0.136. The summed E-state index contributed by atoms with van der Waals surface area (Å²) in [6.07, 6.45) is 0. The minimum atomic E-state index is -0.616. The van der Waals surface area contributed by atoms with Gasteiger partial charge in [-0.25, -0.2) is 4.79 Å². The maximum atomic E-state index is 12.6. The van der Waals surface area contributed by atoms with Crippen LogP contribution in [-0.4, -0.2) is 19.2 Å². The van der Waals surface area contributed by atoms with Gasteiger partial charge in [0.2, 0.25) is 5.88 Å². The number of hydrogen-bond acceptors (Lipinski definition) is 8. The van der Waals surface area contributed by atoms with E-state index in [2.05, 4.69) is 6.07 Å². The molecule has 4 aromatic rings. The largest absolute Gasteiger partial charge is 0.490 e. The summed E-state index contributed by atoms with van der Waals surface area (Å²) in [6.45, 7) is 3.94. The van der Waals surface area contributed by atoms with Gasteiger partial charge in [0.1, 0.15) is 35.5 Å². The molecule has 0 saturated heterocycles. The second kappa shape index (κ2) is 14.0. The summed E-state index contributed by atoms with van der Waals surface area (Å²) < 4.78 is 28.8. The SMILES string of the molecule is CCOc1cc(C2C(C#N)=C(N)Oc3cc(OC(=O)COc4ccc(Cl)cc4C)ccc32)ccc1OCc1ccc(Cl)cc1Cl. The van der Waals surface area contributed by atoms with Crippen LogP contribution in [0.3, 0.4) is 0 Å². The smallest absolute Gasteiger partial charge is 0.349 e. The van der Waals surface area contributed by atoms with Crippen LogP contribution in [0.15, 0.2) is 84.3 Å². The molecule has 45 heavy (non-hydrogen) atoms. The van der Waals surface area contributed by atoms with Crippen molar-refractivity contribution < 1.29 is 28.5 Å². The highest BCUT2D eigenvalue weighted by Crippen LogP contribution is 2.45. The fraction of sp³-hybridized carbons (Fsp3) is 0.176. The first-order valence-electron chi connectivity index (χ1n) is 13.8. The molecule has 0 spiro atoms. The molecule has 0 aliphatic carbocycles. The number of nitrogens with zero attached hydrogens (tertiary/aromatic N) is 1. The average molecular weight is 666 g/mol. The first-order chi connectivity index (χ1) is 21.7. The van der Waals surface area contributed by atoms with Gasteiger partial charge in [-0.1, -0.05) is 53.0 Å². The van der Waals surface area contributed by atoms with Crippen molar-refractivity contribution >= 4 is 40.8 Å². The van der Waals surface area contributed by atoms with Crippen LogP contribution in [0, 0.1) is 18.3 Å². The molecule has 0 bridgehead atoms. The van der Waals surface area contributed by atoms with Gasteiger partial charge in [0.05, 0.1) is 12.5 Å². The molecule has 0 amide bonds. The third kappa shape index (κ3) is 7.40. The van der Waals surface area contributed by atoms with Crippen molar-refractivity contribution in [3.63, 3.8) is 0 Å². The van der Waals surface area contributed by atoms with E-state index in [-0.39, 0.29) is 30.4 Å². The summed E-state index contributed by atoms with van der Waals surface area (Å²) in [5, 5.41) is 11.6. The Morgan fingerprint density at radius 3 is 2.40 bits per heavy atom. The molecule has 230 valence electrons. The Labute approximate surface area is 275 Å². The number of allylic oxidation sites excluding steroid dienone is 1. The van der Waals surface area contributed by atoms with Gasteiger partial charge < -0.3 is 29.4 Å². The molecule has 2 N–H and O–H groups in total. The van der Waals surface area contributed by atoms with Gasteiger partial charge >= 0.3 is 5.97 Å². The maximum absolute atomic E-state index is 12.6. The Morgan fingerprint density at radius 1 is 0.911 bits per heavy atom. The van der Waals surface area contributed by atoms with Gasteiger partial charge in [0.25, 0.3) is 0 Å². The van der Waals surface area contributed by atoms with Crippen molar-refractivity contribution in [1.29, 1.82) is 5.26 Å². The number of rotatable bonds is 10. The second-order valence-corrected chi connectivity index (χ2v) is 11.2. The van der Waals surface area contributed by atoms with Crippen LogP contribution in [0.4, 0.5) is 0 Å². The lowest BCUT2D eigenvalue weighted by Gasteiger charge is -2.27. The van der Waals surface area contributed by atoms with Crippen LogP contribution >= 0.6 is 34.8 Å². The molecule has 4 aromatic carbocycles. The van der Waals surface area contributed by atoms with E-state index in [0.29, 0.717) is 50.2 Å². The predicted octanol–water partition coefficient (Wildman–Crippen LogP) is 8.14. The molecule has 1 aliphatic heterocycles. The molecule has 5 rings (SSSR count). The van der Waals surface area contributed by atoms with Gasteiger partial charge in [0.15, 0.2) is 18.1 Å². The Hall–Kier alpha value is -4.55. The molecule has 0 fully saturated rings. The summed E-state index contributed by atoms with van der Waals surface area (Å²) in [4.78, 5) is 12.6. The molecule has 1 atom stereocenters. The number of carbonyl (C=O) groups excluding carboxylic acids is 1. The molecule has 8 nitrogen and oxygen atoms in total. The van der Waals surface area contributed by atoms with Crippen molar-refractivity contribution in [1.82, 2.24) is 0 Å². The minimum absolute atomic E-state index is 0.0595. The molecule has 1 heterocycles. The predicted molar refractivity (Wildman–Crippen MR) is 171 cm³/mol. The second-order valence-electron chi connectivity index (χ2n) is 9.96. The highest BCUT2D eigenvalue weighted by atomic mass is 35.5. The third-order valence-electron chi connectivity index (χ3n) is 6.90. The van der Waals surface area contributed by atoms with E-state index in [1.165, 1.54) is 0 Å². The van der Waals surface area contributed by atoms with Crippen molar-refractivity contribution in [2.24, 2.45) is 5.73 Å². The van der Waals surface area contributed by atoms with E-state index in [1.54, 1.807) is 66.7 Å². The topological polar surface area (TPSA) is 113 Å². The zero-order valence-electron chi connectivity index (χ0n) is 24.2. The Morgan fingerprint density at radius 2 is 1.67 bits per heavy atom. The summed E-state index contributed by atoms with van der Waals surface area (Å²) in [6, 6.07) is 22.8. The van der Waals surface area contributed by atoms with Crippen molar-refractivity contribution in [3.8, 4) is 34.8 Å². The van der Waals surface area contributed by atoms with Crippen molar-refractivity contribution in [2.75, 3.05) is 13.2 Å². The highest BCUT2D eigenvalue weighted by molar-refractivity contribution is 6.35. The summed E-state index contributed by atoms with van der Waals surface area (Å²) in [7, 11) is 0. The number of carbonyl (C=O) groups is 1. The normalized spacial score (nSPS) is 13.7. The number of fused-ring (bicyclic) bond motifs is 1. The van der Waals surface area contributed by atoms with E-state index in [0.717, 1.165) is 16.7 Å². The molecule has 0 aromatic heterocycles. The van der Waals surface area contributed by atoms with Crippen LogP contribution in [-0.2, 0) is 11.4 Å². The van der Waals surface area contributed by atoms with E-state index >= 15 is 0 Å². The van der Waals surface area contributed by atoms with Crippen LogP contribution in [0.5, 0.6) is 28.7 Å². The van der Waals surface area contributed by atoms with E-state index in [4.69, 9.17) is 64.2 Å². The minimum Gasteiger partial charge on any atom is -0.490 e. The van der Waals surface area contributed by atoms with Crippen LogP contribution in [0.1, 0.15) is 35.1 Å². The fourth-order valence-electron chi connectivity index (χ4n) is 4.80. The molecule has 0 radical (unpaired) electrons. The quantitative estimate of drug-likeness (QED) is 0.133. The number of aryl methyl sites for hydroxylation is 1. The van der Waals surface area contributed by atoms with Gasteiger partial charge in [-0.15, -0.1) is 0 Å². The first kappa shape index (κ1) is 31.9. The molecular weight excluding hydrogens is 639 g/mol. The van der Waals surface area contributed by atoms with Gasteiger partial charge in [-0.2, -0.15) is 5.26 Å². The van der Waals surface area contributed by atoms with Crippen LogP contribution in [0.25, 0.3) is 0 Å². The summed E-state index contributed by atoms with van der Waals surface area (Å²) in [5.74, 6) is 0.794. The number of esters is 1. The van der Waals surface area contributed by atoms with E-state index in [1.807, 2.05) is 19.9 Å². The number of benzene rings is 4. The number of nitrogens with two attached hydrogens (primary N) is 1. The van der Waals surface area contributed by atoms with Crippen molar-refractivity contribution in [3.05, 3.63) is 122 Å². The van der Waals surface area contributed by atoms with E-state index < -0.39 is 11.9 Å². The lowest BCUT2D eigenvalue weighted by atomic mass is 9.83. The zero-order valence-corrected chi connectivity index (χ0v) is 26.5. The standard InChI is InChI=1S/C34H27Cl3N2O6/c1-3-41-31-13-20(5-10-29(31)42-17-21-4-6-23(36)14-27(21)37)33-25-9-8-24(15-30(25)45-34(39)26(33)16-38)44-32(40)18-43-28-11-7-22(35)12-19(28)2/h4-15,33H,3,17-18,39H2,1-2H3. The monoisotopic (exact) mass is 664 g/mol. The average Bonchev–Trinajstić information content (AvgIpc) is 3.00. The Balaban J connectivity index is 1.37. The number of halogens is 3. The fourth-order valence-corrected chi connectivity index (χ4v) is 5.49. The van der Waals surface area contributed by atoms with Crippen LogP contribution < -0.4 is 29.4 Å². The zero-order chi connectivity index (χ0) is 32.1. The molecule has 1 unspecified atom stereocenters. The van der Waals surface area contributed by atoms with Crippen LogP contribution in [0.2, 0.25) is 15.1 Å². The number of nitriles is 1. The van der Waals surface area contributed by atoms with Crippen molar-refractivity contribution in [2.45, 2.75) is 26.4 Å².